The number of halogens is 3. The van der Waals surface area contributed by atoms with Crippen molar-refractivity contribution in [2.45, 2.75) is 25.2 Å². The standard InChI is InChI=1S/C22H23F3N4O4/c1-29-17-9-18(31-2)19(33-15-3-4-32-11-15)8-16(17)20(28-21(29)30)27-10-12-5-13(22(23,24)25)7-14(26)6-12/h5-9,15H,3-4,10-11,26H2,1-2H3,(H,27,28,30). The number of nitrogens with two attached hydrogens (primary N) is 1. The van der Waals surface area contributed by atoms with E-state index in [1.807, 2.05) is 0 Å². The first-order valence-corrected chi connectivity index (χ1v) is 10.2. The van der Waals surface area contributed by atoms with Crippen molar-refractivity contribution in [3.63, 3.8) is 0 Å². The number of rotatable bonds is 6. The molecule has 0 radical (unpaired) electrons. The van der Waals surface area contributed by atoms with Crippen LogP contribution in [0.3, 0.4) is 0 Å². The number of aryl methyl sites for hydroxylation is 1. The van der Waals surface area contributed by atoms with Gasteiger partial charge in [0.05, 0.1) is 31.4 Å². The molecule has 33 heavy (non-hydrogen) atoms. The molecule has 1 unspecified atom stereocenters. The average Bonchev–Trinajstić information content (AvgIpc) is 3.27. The van der Waals surface area contributed by atoms with E-state index in [9.17, 15) is 18.0 Å². The number of hydrogen-bond acceptors (Lipinski definition) is 7. The van der Waals surface area contributed by atoms with E-state index in [-0.39, 0.29) is 24.2 Å². The van der Waals surface area contributed by atoms with Crippen molar-refractivity contribution in [1.29, 1.82) is 0 Å². The first-order valence-electron chi connectivity index (χ1n) is 10.2. The zero-order chi connectivity index (χ0) is 23.8. The molecule has 11 heteroatoms. The monoisotopic (exact) mass is 464 g/mol. The second-order valence-corrected chi connectivity index (χ2v) is 7.74. The van der Waals surface area contributed by atoms with Gasteiger partial charge in [0, 0.05) is 37.2 Å². The van der Waals surface area contributed by atoms with Crippen LogP contribution >= 0.6 is 0 Å². The molecule has 3 N–H and O–H groups in total. The van der Waals surface area contributed by atoms with Crippen LogP contribution in [0.5, 0.6) is 11.5 Å². The SMILES string of the molecule is COc1cc2c(cc1OC1CCOC1)c(NCc1cc(N)cc(C(F)(F)F)c1)nc(=O)n2C. The molecule has 1 aliphatic heterocycles. The Balaban J connectivity index is 1.72. The highest BCUT2D eigenvalue weighted by Gasteiger charge is 2.31. The molecule has 1 saturated heterocycles. The van der Waals surface area contributed by atoms with Crippen LogP contribution in [0.1, 0.15) is 17.5 Å². The lowest BCUT2D eigenvalue weighted by Gasteiger charge is -2.18. The number of hydrogen-bond donors (Lipinski definition) is 2. The van der Waals surface area contributed by atoms with Crippen LogP contribution in [0.25, 0.3) is 10.9 Å². The number of methoxy groups -OCH3 is 1. The highest BCUT2D eigenvalue weighted by atomic mass is 19.4. The molecule has 1 aliphatic rings. The van der Waals surface area contributed by atoms with Gasteiger partial charge < -0.3 is 25.3 Å². The molecular weight excluding hydrogens is 441 g/mol. The lowest BCUT2D eigenvalue weighted by atomic mass is 10.1. The molecule has 3 aromatic rings. The first-order chi connectivity index (χ1) is 15.7. The van der Waals surface area contributed by atoms with Crippen molar-refractivity contribution in [1.82, 2.24) is 9.55 Å². The minimum absolute atomic E-state index is 0.0115. The minimum atomic E-state index is -4.52. The van der Waals surface area contributed by atoms with E-state index >= 15 is 0 Å². The summed E-state index contributed by atoms with van der Waals surface area (Å²) < 4.78 is 57.6. The fraction of sp³-hybridized carbons (Fsp3) is 0.364. The fourth-order valence-electron chi connectivity index (χ4n) is 3.69. The number of aromatic nitrogens is 2. The predicted molar refractivity (Wildman–Crippen MR) is 117 cm³/mol. The van der Waals surface area contributed by atoms with E-state index in [1.165, 1.54) is 17.7 Å². The van der Waals surface area contributed by atoms with Gasteiger partial charge in [0.15, 0.2) is 11.5 Å². The number of alkyl halides is 3. The first kappa shape index (κ1) is 22.7. The van der Waals surface area contributed by atoms with Crippen LogP contribution in [0.4, 0.5) is 24.7 Å². The van der Waals surface area contributed by atoms with Crippen molar-refractivity contribution in [2.75, 3.05) is 31.4 Å². The predicted octanol–water partition coefficient (Wildman–Crippen LogP) is 3.32. The third-order valence-corrected chi connectivity index (χ3v) is 5.38. The van der Waals surface area contributed by atoms with Crippen molar-refractivity contribution in [3.05, 3.63) is 51.9 Å². The molecule has 2 aromatic carbocycles. The minimum Gasteiger partial charge on any atom is -0.493 e. The Labute approximate surface area is 187 Å². The van der Waals surface area contributed by atoms with Gasteiger partial charge in [0.25, 0.3) is 0 Å². The van der Waals surface area contributed by atoms with Crippen LogP contribution in [0.15, 0.2) is 35.1 Å². The maximum absolute atomic E-state index is 13.1. The van der Waals surface area contributed by atoms with E-state index in [0.29, 0.717) is 41.2 Å². The van der Waals surface area contributed by atoms with Crippen molar-refractivity contribution < 1.29 is 27.4 Å². The summed E-state index contributed by atoms with van der Waals surface area (Å²) in [4.78, 5) is 16.5. The number of nitrogens with one attached hydrogen (secondary N) is 1. The molecule has 2 heterocycles. The molecule has 1 aromatic heterocycles. The Morgan fingerprint density at radius 3 is 2.70 bits per heavy atom. The van der Waals surface area contributed by atoms with Gasteiger partial charge >= 0.3 is 11.9 Å². The number of nitrogens with zero attached hydrogens (tertiary/aromatic N) is 2. The fourth-order valence-corrected chi connectivity index (χ4v) is 3.69. The van der Waals surface area contributed by atoms with E-state index < -0.39 is 17.4 Å². The molecule has 0 amide bonds. The third kappa shape index (κ3) is 4.82. The number of ether oxygens (including phenoxy) is 3. The molecule has 8 nitrogen and oxygen atoms in total. The van der Waals surface area contributed by atoms with Crippen LogP contribution in [-0.2, 0) is 24.5 Å². The Hall–Kier alpha value is -3.47. The number of nitrogen functional groups attached to an aromatic ring is 1. The van der Waals surface area contributed by atoms with E-state index in [4.69, 9.17) is 19.9 Å². The third-order valence-electron chi connectivity index (χ3n) is 5.38. The topological polar surface area (TPSA) is 101 Å². The highest BCUT2D eigenvalue weighted by Crippen LogP contribution is 2.36. The summed E-state index contributed by atoms with van der Waals surface area (Å²) in [6, 6.07) is 6.67. The Morgan fingerprint density at radius 1 is 1.24 bits per heavy atom. The molecule has 0 aliphatic carbocycles. The summed E-state index contributed by atoms with van der Waals surface area (Å²) >= 11 is 0. The normalized spacial score (nSPS) is 16.2. The van der Waals surface area contributed by atoms with Gasteiger partial charge in [-0.05, 0) is 29.8 Å². The quantitative estimate of drug-likeness (QED) is 0.540. The van der Waals surface area contributed by atoms with Crippen molar-refractivity contribution in [3.8, 4) is 11.5 Å². The van der Waals surface area contributed by atoms with Gasteiger partial charge in [-0.1, -0.05) is 0 Å². The van der Waals surface area contributed by atoms with E-state index in [2.05, 4.69) is 10.3 Å². The lowest BCUT2D eigenvalue weighted by molar-refractivity contribution is -0.137. The van der Waals surface area contributed by atoms with Crippen LogP contribution in [0, 0.1) is 0 Å². The van der Waals surface area contributed by atoms with Crippen LogP contribution < -0.4 is 26.2 Å². The summed E-state index contributed by atoms with van der Waals surface area (Å²) in [5.74, 6) is 1.10. The maximum atomic E-state index is 13.1. The second-order valence-electron chi connectivity index (χ2n) is 7.74. The summed E-state index contributed by atoms with van der Waals surface area (Å²) in [5.41, 5.74) is 5.08. The van der Waals surface area contributed by atoms with Crippen LogP contribution in [0.2, 0.25) is 0 Å². The Kier molecular flexibility index (Phi) is 6.07. The molecule has 1 fully saturated rings. The summed E-state index contributed by atoms with van der Waals surface area (Å²) in [6.45, 7) is 1.03. The van der Waals surface area contributed by atoms with Gasteiger partial charge in [0.1, 0.15) is 11.9 Å². The van der Waals surface area contributed by atoms with Gasteiger partial charge in [-0.15, -0.1) is 0 Å². The smallest absolute Gasteiger partial charge is 0.416 e. The molecule has 176 valence electrons. The lowest BCUT2D eigenvalue weighted by Crippen LogP contribution is -2.22. The largest absolute Gasteiger partial charge is 0.493 e. The number of benzene rings is 2. The zero-order valence-electron chi connectivity index (χ0n) is 18.0. The maximum Gasteiger partial charge on any atom is 0.416 e. The zero-order valence-corrected chi connectivity index (χ0v) is 18.0. The Bertz CT molecular complexity index is 1240. The number of fused-ring (bicyclic) bond motifs is 1. The van der Waals surface area contributed by atoms with Crippen LogP contribution in [-0.4, -0.2) is 36.0 Å². The average molecular weight is 464 g/mol. The molecule has 4 rings (SSSR count). The summed E-state index contributed by atoms with van der Waals surface area (Å²) in [5, 5.41) is 3.52. The molecule has 0 spiro atoms. The van der Waals surface area contributed by atoms with E-state index in [0.717, 1.165) is 18.6 Å². The molecule has 0 saturated carbocycles. The molecule has 1 atom stereocenters. The van der Waals surface area contributed by atoms with Crippen molar-refractivity contribution >= 4 is 22.4 Å². The molecule has 0 bridgehead atoms. The van der Waals surface area contributed by atoms with Gasteiger partial charge in [0.2, 0.25) is 0 Å². The summed E-state index contributed by atoms with van der Waals surface area (Å²) in [7, 11) is 3.06. The van der Waals surface area contributed by atoms with Gasteiger partial charge in [-0.3, -0.25) is 4.57 Å². The highest BCUT2D eigenvalue weighted by molar-refractivity contribution is 5.92. The van der Waals surface area contributed by atoms with Gasteiger partial charge in [-0.2, -0.15) is 18.2 Å². The van der Waals surface area contributed by atoms with E-state index in [1.54, 1.807) is 19.2 Å². The van der Waals surface area contributed by atoms with Crippen molar-refractivity contribution in [2.24, 2.45) is 7.05 Å². The van der Waals surface area contributed by atoms with Gasteiger partial charge in [-0.25, -0.2) is 4.79 Å². The second kappa shape index (κ2) is 8.81. The Morgan fingerprint density at radius 2 is 2.03 bits per heavy atom. The molecular formula is C22H23F3N4O4. The number of anilines is 2. The summed E-state index contributed by atoms with van der Waals surface area (Å²) in [6.07, 6.45) is -3.93.